The lowest BCUT2D eigenvalue weighted by Crippen LogP contribution is -2.41. The highest BCUT2D eigenvalue weighted by atomic mass is 16.5. The van der Waals surface area contributed by atoms with Gasteiger partial charge >= 0.3 is 0 Å². The van der Waals surface area contributed by atoms with Gasteiger partial charge in [0.15, 0.2) is 12.1 Å². The molecule has 4 nitrogen and oxygen atoms in total. The molecule has 3 unspecified atom stereocenters. The number of allylic oxidation sites excluding steroid dienone is 1. The molecule has 0 spiro atoms. The van der Waals surface area contributed by atoms with Crippen molar-refractivity contribution in [2.75, 3.05) is 0 Å². The van der Waals surface area contributed by atoms with Gasteiger partial charge in [-0.15, -0.1) is 0 Å². The highest BCUT2D eigenvalue weighted by Gasteiger charge is 2.39. The monoisotopic (exact) mass is 196 g/mol. The summed E-state index contributed by atoms with van der Waals surface area (Å²) in [5, 5.41) is 9.41. The molecule has 2 aliphatic rings. The van der Waals surface area contributed by atoms with Crippen molar-refractivity contribution in [2.45, 2.75) is 31.5 Å². The predicted octanol–water partition coefficient (Wildman–Crippen LogP) is 0.198. The zero-order valence-corrected chi connectivity index (χ0v) is 7.68. The zero-order chi connectivity index (χ0) is 10.1. The van der Waals surface area contributed by atoms with E-state index in [-0.39, 0.29) is 23.4 Å². The highest BCUT2D eigenvalue weighted by Crippen LogP contribution is 2.32. The summed E-state index contributed by atoms with van der Waals surface area (Å²) < 4.78 is 5.28. The molecule has 4 heteroatoms. The summed E-state index contributed by atoms with van der Waals surface area (Å²) in [6, 6.07) is 0. The Bertz CT molecular complexity index is 294. The summed E-state index contributed by atoms with van der Waals surface area (Å²) in [5.74, 6) is -0.515. The molecular weight excluding hydrogens is 184 g/mol. The van der Waals surface area contributed by atoms with E-state index < -0.39 is 6.10 Å². The Kier molecular flexibility index (Phi) is 2.37. The van der Waals surface area contributed by atoms with Crippen LogP contribution in [0.4, 0.5) is 0 Å². The van der Waals surface area contributed by atoms with Crippen LogP contribution in [0.25, 0.3) is 0 Å². The third-order valence-corrected chi connectivity index (χ3v) is 2.88. The van der Waals surface area contributed by atoms with E-state index in [9.17, 15) is 14.7 Å². The second-order valence-corrected chi connectivity index (χ2v) is 3.80. The molecule has 1 N–H and O–H groups in total. The number of rotatable bonds is 1. The number of fused-ring (bicyclic) bond motifs is 1. The van der Waals surface area contributed by atoms with Crippen LogP contribution in [0.5, 0.6) is 0 Å². The lowest BCUT2D eigenvalue weighted by Gasteiger charge is -2.35. The molecule has 76 valence electrons. The van der Waals surface area contributed by atoms with Crippen LogP contribution in [0.15, 0.2) is 11.8 Å². The molecule has 0 radical (unpaired) electrons. The highest BCUT2D eigenvalue weighted by molar-refractivity contribution is 6.13. The number of aldehydes is 1. The number of Topliss-reactive ketones (excluding diaryl/α,β-unsaturated/α-hetero) is 1. The number of hydrogen-bond acceptors (Lipinski definition) is 4. The van der Waals surface area contributed by atoms with Gasteiger partial charge in [0, 0.05) is 0 Å². The quantitative estimate of drug-likeness (QED) is 0.480. The second-order valence-electron chi connectivity index (χ2n) is 3.80. The van der Waals surface area contributed by atoms with Crippen molar-refractivity contribution in [1.29, 1.82) is 0 Å². The van der Waals surface area contributed by atoms with E-state index in [4.69, 9.17) is 4.74 Å². The van der Waals surface area contributed by atoms with Crippen LogP contribution in [0.3, 0.4) is 0 Å². The zero-order valence-electron chi connectivity index (χ0n) is 7.68. The van der Waals surface area contributed by atoms with Crippen LogP contribution >= 0.6 is 0 Å². The first kappa shape index (κ1) is 9.40. The van der Waals surface area contributed by atoms with E-state index in [2.05, 4.69) is 0 Å². The van der Waals surface area contributed by atoms with Crippen LogP contribution < -0.4 is 0 Å². The molecular formula is C10H12O4. The van der Waals surface area contributed by atoms with E-state index in [0.717, 1.165) is 0 Å². The first-order valence-electron chi connectivity index (χ1n) is 4.75. The standard InChI is InChI=1S/C10H12O4/c11-4-6-5-14-9-2-1-7(12)3-8(9)10(6)13/h4-5,7-9,12H,1-3H2. The van der Waals surface area contributed by atoms with Crippen LogP contribution in [0.1, 0.15) is 19.3 Å². The first-order valence-corrected chi connectivity index (χ1v) is 4.75. The molecule has 0 aromatic carbocycles. The van der Waals surface area contributed by atoms with Gasteiger partial charge in [-0.2, -0.15) is 0 Å². The molecule has 1 aliphatic heterocycles. The van der Waals surface area contributed by atoms with Crippen LogP contribution in [0, 0.1) is 5.92 Å². The average molecular weight is 196 g/mol. The third-order valence-electron chi connectivity index (χ3n) is 2.88. The molecule has 0 aromatic heterocycles. The first-order chi connectivity index (χ1) is 6.72. The minimum absolute atomic E-state index is 0.0837. The summed E-state index contributed by atoms with van der Waals surface area (Å²) in [6.45, 7) is 0. The van der Waals surface area contributed by atoms with Crippen molar-refractivity contribution < 1.29 is 19.4 Å². The number of aliphatic hydroxyl groups excluding tert-OH is 1. The minimum Gasteiger partial charge on any atom is -0.496 e. The summed E-state index contributed by atoms with van der Waals surface area (Å²) in [6.07, 6.45) is 2.94. The Morgan fingerprint density at radius 1 is 1.50 bits per heavy atom. The predicted molar refractivity (Wildman–Crippen MR) is 47.4 cm³/mol. The van der Waals surface area contributed by atoms with Gasteiger partial charge in [0.25, 0.3) is 0 Å². The fourth-order valence-corrected chi connectivity index (χ4v) is 2.08. The van der Waals surface area contributed by atoms with Crippen molar-refractivity contribution in [3.05, 3.63) is 11.8 Å². The molecule has 1 heterocycles. The van der Waals surface area contributed by atoms with Crippen molar-refractivity contribution in [1.82, 2.24) is 0 Å². The number of carbonyl (C=O) groups excluding carboxylic acids is 2. The molecule has 0 amide bonds. The summed E-state index contributed by atoms with van der Waals surface area (Å²) >= 11 is 0. The van der Waals surface area contributed by atoms with Crippen molar-refractivity contribution >= 4 is 12.1 Å². The Morgan fingerprint density at radius 3 is 3.00 bits per heavy atom. The largest absolute Gasteiger partial charge is 0.496 e. The van der Waals surface area contributed by atoms with E-state index >= 15 is 0 Å². The molecule has 1 aliphatic carbocycles. The molecule has 0 saturated heterocycles. The van der Waals surface area contributed by atoms with Crippen LogP contribution in [-0.4, -0.2) is 29.4 Å². The van der Waals surface area contributed by atoms with Crippen molar-refractivity contribution in [2.24, 2.45) is 5.92 Å². The van der Waals surface area contributed by atoms with Gasteiger partial charge in [-0.25, -0.2) is 0 Å². The lowest BCUT2D eigenvalue weighted by molar-refractivity contribution is -0.131. The summed E-state index contributed by atoms with van der Waals surface area (Å²) in [5.41, 5.74) is 0.0837. The van der Waals surface area contributed by atoms with Gasteiger partial charge in [-0.3, -0.25) is 9.59 Å². The van der Waals surface area contributed by atoms with Gasteiger partial charge < -0.3 is 9.84 Å². The lowest BCUT2D eigenvalue weighted by atomic mass is 9.79. The van der Waals surface area contributed by atoms with Crippen molar-refractivity contribution in [3.63, 3.8) is 0 Å². The van der Waals surface area contributed by atoms with Gasteiger partial charge in [-0.05, 0) is 19.3 Å². The van der Waals surface area contributed by atoms with Gasteiger partial charge in [0.2, 0.25) is 0 Å². The Hall–Kier alpha value is -1.16. The van der Waals surface area contributed by atoms with Crippen LogP contribution in [0.2, 0.25) is 0 Å². The van der Waals surface area contributed by atoms with E-state index in [1.807, 2.05) is 0 Å². The maximum atomic E-state index is 11.6. The maximum absolute atomic E-state index is 11.6. The number of carbonyl (C=O) groups is 2. The molecule has 0 bridgehead atoms. The fourth-order valence-electron chi connectivity index (χ4n) is 2.08. The van der Waals surface area contributed by atoms with E-state index in [1.165, 1.54) is 6.26 Å². The molecule has 14 heavy (non-hydrogen) atoms. The van der Waals surface area contributed by atoms with Gasteiger partial charge in [0.1, 0.15) is 6.10 Å². The molecule has 2 rings (SSSR count). The minimum atomic E-state index is -0.435. The number of aliphatic hydroxyl groups is 1. The Balaban J connectivity index is 2.19. The fraction of sp³-hybridized carbons (Fsp3) is 0.600. The number of ketones is 1. The SMILES string of the molecule is O=CC1=COC2CCC(O)CC2C1=O. The third kappa shape index (κ3) is 1.46. The van der Waals surface area contributed by atoms with E-state index in [1.54, 1.807) is 0 Å². The number of hydrogen-bond donors (Lipinski definition) is 1. The Labute approximate surface area is 81.6 Å². The smallest absolute Gasteiger partial charge is 0.176 e. The van der Waals surface area contributed by atoms with Crippen LogP contribution in [-0.2, 0) is 14.3 Å². The van der Waals surface area contributed by atoms with Gasteiger partial charge in [0.05, 0.1) is 23.9 Å². The second kappa shape index (κ2) is 3.53. The molecule has 0 aromatic rings. The molecule has 3 atom stereocenters. The normalized spacial score (nSPS) is 36.8. The Morgan fingerprint density at radius 2 is 2.29 bits per heavy atom. The summed E-state index contributed by atoms with van der Waals surface area (Å²) in [4.78, 5) is 22.1. The summed E-state index contributed by atoms with van der Waals surface area (Å²) in [7, 11) is 0. The molecule has 1 saturated carbocycles. The van der Waals surface area contributed by atoms with Gasteiger partial charge in [-0.1, -0.05) is 0 Å². The van der Waals surface area contributed by atoms with E-state index in [0.29, 0.717) is 25.5 Å². The van der Waals surface area contributed by atoms with Crippen molar-refractivity contribution in [3.8, 4) is 0 Å². The molecule has 1 fully saturated rings. The number of ether oxygens (including phenoxy) is 1. The topological polar surface area (TPSA) is 63.6 Å². The average Bonchev–Trinajstić information content (AvgIpc) is 2.20. The maximum Gasteiger partial charge on any atom is 0.176 e.